The molecular weight excluding hydrogens is 359 g/mol. The second-order valence-electron chi connectivity index (χ2n) is 4.73. The second-order valence-corrected chi connectivity index (χ2v) is 5.90. The van der Waals surface area contributed by atoms with Crippen molar-refractivity contribution in [2.45, 2.75) is 32.9 Å². The lowest BCUT2D eigenvalue weighted by atomic mass is 10.0. The third kappa shape index (κ3) is 3.29. The predicted octanol–water partition coefficient (Wildman–Crippen LogP) is 3.51. The number of nitrogens with two attached hydrogens (primary N) is 1. The van der Waals surface area contributed by atoms with Crippen LogP contribution in [0.25, 0.3) is 0 Å². The summed E-state index contributed by atoms with van der Waals surface area (Å²) in [4.78, 5) is 0. The summed E-state index contributed by atoms with van der Waals surface area (Å²) in [5, 5.41) is 4.54. The van der Waals surface area contributed by atoms with Gasteiger partial charge in [0.1, 0.15) is 5.82 Å². The fraction of sp³-hybridized carbons (Fsp3) is 0.357. The molecule has 114 valence electrons. The van der Waals surface area contributed by atoms with E-state index in [1.54, 1.807) is 12.1 Å². The van der Waals surface area contributed by atoms with Gasteiger partial charge in [0.2, 0.25) is 0 Å². The minimum Gasteiger partial charge on any atom is -0.271 e. The maximum absolute atomic E-state index is 13.6. The lowest BCUT2D eigenvalue weighted by Crippen LogP contribution is -2.30. The highest BCUT2D eigenvalue weighted by Crippen LogP contribution is 2.30. The average Bonchev–Trinajstić information content (AvgIpc) is 2.75. The van der Waals surface area contributed by atoms with E-state index in [0.29, 0.717) is 12.0 Å². The van der Waals surface area contributed by atoms with E-state index in [4.69, 9.17) is 17.4 Å². The van der Waals surface area contributed by atoms with Crippen LogP contribution >= 0.6 is 27.5 Å². The van der Waals surface area contributed by atoms with Crippen molar-refractivity contribution in [1.29, 1.82) is 0 Å². The molecule has 4 nitrogen and oxygen atoms in total. The van der Waals surface area contributed by atoms with Gasteiger partial charge in [-0.2, -0.15) is 5.10 Å². The monoisotopic (exact) mass is 374 g/mol. The number of benzene rings is 1. The van der Waals surface area contributed by atoms with Gasteiger partial charge in [-0.1, -0.05) is 23.7 Å². The first-order chi connectivity index (χ1) is 9.99. The Morgan fingerprint density at radius 3 is 2.86 bits per heavy atom. The summed E-state index contributed by atoms with van der Waals surface area (Å²) in [5.74, 6) is 5.19. The fourth-order valence-electron chi connectivity index (χ4n) is 2.31. The minimum atomic E-state index is -0.450. The van der Waals surface area contributed by atoms with Gasteiger partial charge in [-0.25, -0.2) is 4.39 Å². The molecule has 2 aromatic rings. The number of hydrogen-bond acceptors (Lipinski definition) is 3. The third-order valence-electron chi connectivity index (χ3n) is 3.41. The molecule has 1 unspecified atom stereocenters. The SMILES string of the molecule is CCn1nc(C)c(Br)c1CC(NN)c1cccc(F)c1Cl. The van der Waals surface area contributed by atoms with Crippen LogP contribution in [0.15, 0.2) is 22.7 Å². The quantitative estimate of drug-likeness (QED) is 0.621. The van der Waals surface area contributed by atoms with Crippen molar-refractivity contribution in [2.24, 2.45) is 5.84 Å². The molecular formula is C14H17BrClFN4. The van der Waals surface area contributed by atoms with Gasteiger partial charge in [0.05, 0.1) is 26.9 Å². The number of nitrogens with one attached hydrogen (secondary N) is 1. The van der Waals surface area contributed by atoms with E-state index in [1.165, 1.54) is 6.07 Å². The molecule has 0 aliphatic heterocycles. The third-order valence-corrected chi connectivity index (χ3v) is 4.84. The predicted molar refractivity (Wildman–Crippen MR) is 85.5 cm³/mol. The lowest BCUT2D eigenvalue weighted by molar-refractivity contribution is 0.512. The van der Waals surface area contributed by atoms with Crippen LogP contribution in [0.1, 0.15) is 29.9 Å². The Morgan fingerprint density at radius 2 is 2.24 bits per heavy atom. The molecule has 1 aromatic heterocycles. The molecule has 0 bridgehead atoms. The molecule has 0 amide bonds. The summed E-state index contributed by atoms with van der Waals surface area (Å²) in [6, 6.07) is 4.42. The fourth-order valence-corrected chi connectivity index (χ4v) is 3.01. The maximum atomic E-state index is 13.6. The van der Waals surface area contributed by atoms with Gasteiger partial charge < -0.3 is 0 Å². The molecule has 0 radical (unpaired) electrons. The Bertz CT molecular complexity index is 644. The number of nitrogens with zero attached hydrogens (tertiary/aromatic N) is 2. The summed E-state index contributed by atoms with van der Waals surface area (Å²) in [6.07, 6.45) is 0.551. The number of hydrazine groups is 1. The van der Waals surface area contributed by atoms with Gasteiger partial charge in [-0.15, -0.1) is 0 Å². The van der Waals surface area contributed by atoms with Crippen LogP contribution in [0.2, 0.25) is 5.02 Å². The highest BCUT2D eigenvalue weighted by molar-refractivity contribution is 9.10. The van der Waals surface area contributed by atoms with Gasteiger partial charge in [-0.05, 0) is 41.4 Å². The number of aryl methyl sites for hydroxylation is 2. The summed E-state index contributed by atoms with van der Waals surface area (Å²) in [5.41, 5.74) is 5.25. The molecule has 3 N–H and O–H groups in total. The van der Waals surface area contributed by atoms with E-state index < -0.39 is 5.82 Å². The largest absolute Gasteiger partial charge is 0.271 e. The lowest BCUT2D eigenvalue weighted by Gasteiger charge is -2.19. The van der Waals surface area contributed by atoms with Gasteiger partial charge in [0, 0.05) is 13.0 Å². The van der Waals surface area contributed by atoms with Crippen LogP contribution in [-0.2, 0) is 13.0 Å². The van der Waals surface area contributed by atoms with Crippen molar-refractivity contribution in [3.63, 3.8) is 0 Å². The van der Waals surface area contributed by atoms with Gasteiger partial charge in [0.25, 0.3) is 0 Å². The van der Waals surface area contributed by atoms with Crippen LogP contribution in [0.3, 0.4) is 0 Å². The molecule has 1 heterocycles. The van der Waals surface area contributed by atoms with E-state index in [0.717, 1.165) is 22.4 Å². The zero-order chi connectivity index (χ0) is 15.6. The Morgan fingerprint density at radius 1 is 1.52 bits per heavy atom. The van der Waals surface area contributed by atoms with Crippen molar-refractivity contribution < 1.29 is 4.39 Å². The van der Waals surface area contributed by atoms with Crippen LogP contribution in [-0.4, -0.2) is 9.78 Å². The van der Waals surface area contributed by atoms with Crippen LogP contribution in [0.4, 0.5) is 4.39 Å². The van der Waals surface area contributed by atoms with Crippen molar-refractivity contribution in [3.05, 3.63) is 50.5 Å². The molecule has 0 fully saturated rings. The first-order valence-corrected chi connectivity index (χ1v) is 7.78. The zero-order valence-corrected chi connectivity index (χ0v) is 14.2. The van der Waals surface area contributed by atoms with E-state index >= 15 is 0 Å². The number of halogens is 3. The summed E-state index contributed by atoms with van der Waals surface area (Å²) in [6.45, 7) is 4.69. The zero-order valence-electron chi connectivity index (χ0n) is 11.8. The normalized spacial score (nSPS) is 12.7. The van der Waals surface area contributed by atoms with Crippen LogP contribution < -0.4 is 11.3 Å². The number of aromatic nitrogens is 2. The summed E-state index contributed by atoms with van der Waals surface area (Å²) < 4.78 is 16.5. The molecule has 1 aromatic carbocycles. The Kier molecular flexibility index (Phi) is 5.37. The van der Waals surface area contributed by atoms with E-state index in [9.17, 15) is 4.39 Å². The minimum absolute atomic E-state index is 0.0934. The van der Waals surface area contributed by atoms with Crippen molar-refractivity contribution in [2.75, 3.05) is 0 Å². The molecule has 0 saturated heterocycles. The molecule has 21 heavy (non-hydrogen) atoms. The Hall–Kier alpha value is -0.950. The van der Waals surface area contributed by atoms with E-state index in [1.807, 2.05) is 18.5 Å². The molecule has 0 saturated carbocycles. The van der Waals surface area contributed by atoms with Gasteiger partial charge >= 0.3 is 0 Å². The van der Waals surface area contributed by atoms with E-state index in [2.05, 4.69) is 26.5 Å². The molecule has 0 aliphatic rings. The van der Waals surface area contributed by atoms with Crippen molar-refractivity contribution in [1.82, 2.24) is 15.2 Å². The Balaban J connectivity index is 2.38. The summed E-state index contributed by atoms with van der Waals surface area (Å²) in [7, 11) is 0. The Labute approximate surface area is 136 Å². The van der Waals surface area contributed by atoms with E-state index in [-0.39, 0.29) is 11.1 Å². The first kappa shape index (κ1) is 16.4. The van der Waals surface area contributed by atoms with Crippen LogP contribution in [0, 0.1) is 12.7 Å². The molecule has 0 aliphatic carbocycles. The standard InChI is InChI=1S/C14H17BrClFN4/c1-3-21-12(13(15)8(2)20-21)7-11(19-18)9-5-4-6-10(17)14(9)16/h4-6,11,19H,3,7,18H2,1-2H3. The molecule has 1 atom stereocenters. The van der Waals surface area contributed by atoms with Crippen molar-refractivity contribution in [3.8, 4) is 0 Å². The van der Waals surface area contributed by atoms with Crippen LogP contribution in [0.5, 0.6) is 0 Å². The first-order valence-electron chi connectivity index (χ1n) is 6.61. The topological polar surface area (TPSA) is 55.9 Å². The number of hydrogen-bond donors (Lipinski definition) is 2. The molecule has 0 spiro atoms. The van der Waals surface area contributed by atoms with Gasteiger partial charge in [0.15, 0.2) is 0 Å². The highest BCUT2D eigenvalue weighted by Gasteiger charge is 2.21. The average molecular weight is 376 g/mol. The smallest absolute Gasteiger partial charge is 0.142 e. The van der Waals surface area contributed by atoms with Crippen molar-refractivity contribution >= 4 is 27.5 Å². The molecule has 2 rings (SSSR count). The highest BCUT2D eigenvalue weighted by atomic mass is 79.9. The van der Waals surface area contributed by atoms with Gasteiger partial charge in [-0.3, -0.25) is 16.0 Å². The summed E-state index contributed by atoms with van der Waals surface area (Å²) >= 11 is 9.59. The maximum Gasteiger partial charge on any atom is 0.142 e. The molecule has 7 heteroatoms. The second kappa shape index (κ2) is 6.87. The number of rotatable bonds is 5.